The molecule has 0 aliphatic carbocycles. The van der Waals surface area contributed by atoms with Crippen LogP contribution in [0, 0.1) is 0 Å². The van der Waals surface area contributed by atoms with E-state index in [9.17, 15) is 18.4 Å². The fraction of sp³-hybridized carbons (Fsp3) is 0.200. The van der Waals surface area contributed by atoms with Gasteiger partial charge in [-0.1, -0.05) is 42.1 Å². The van der Waals surface area contributed by atoms with Crippen molar-refractivity contribution in [3.05, 3.63) is 71.6 Å². The maximum absolute atomic E-state index is 12.1. The highest BCUT2D eigenvalue weighted by Crippen LogP contribution is 2.18. The molecule has 0 saturated heterocycles. The molecule has 1 amide bonds. The molecule has 0 aromatic heterocycles. The van der Waals surface area contributed by atoms with Gasteiger partial charge in [0.05, 0.1) is 0 Å². The van der Waals surface area contributed by atoms with Gasteiger partial charge in [0.15, 0.2) is 6.61 Å². The van der Waals surface area contributed by atoms with Gasteiger partial charge in [-0.25, -0.2) is 4.79 Å². The first-order valence-corrected chi connectivity index (χ1v) is 9.26. The summed E-state index contributed by atoms with van der Waals surface area (Å²) < 4.78 is 33.3. The molecular formula is C20H19F2NO4S. The third-order valence-electron chi connectivity index (χ3n) is 3.38. The number of carbonyl (C=O) groups is 2. The Morgan fingerprint density at radius 1 is 1.07 bits per heavy atom. The average molecular weight is 407 g/mol. The number of rotatable bonds is 10. The highest BCUT2D eigenvalue weighted by molar-refractivity contribution is 8.02. The van der Waals surface area contributed by atoms with E-state index >= 15 is 0 Å². The van der Waals surface area contributed by atoms with Crippen molar-refractivity contribution in [2.45, 2.75) is 17.9 Å². The van der Waals surface area contributed by atoms with E-state index in [4.69, 9.17) is 4.74 Å². The Bertz CT molecular complexity index is 783. The summed E-state index contributed by atoms with van der Waals surface area (Å²) in [5, 5.41) is 4.21. The van der Waals surface area contributed by atoms with E-state index in [1.807, 2.05) is 30.3 Å². The molecule has 2 aromatic rings. The summed E-state index contributed by atoms with van der Waals surface area (Å²) in [6, 6.07) is 15.7. The Morgan fingerprint density at radius 2 is 1.79 bits per heavy atom. The Morgan fingerprint density at radius 3 is 2.46 bits per heavy atom. The largest absolute Gasteiger partial charge is 0.452 e. The summed E-state index contributed by atoms with van der Waals surface area (Å²) >= 11 is 1.37. The van der Waals surface area contributed by atoms with Crippen LogP contribution in [0.5, 0.6) is 5.75 Å². The predicted octanol–water partition coefficient (Wildman–Crippen LogP) is 3.80. The summed E-state index contributed by atoms with van der Waals surface area (Å²) in [6.07, 6.45) is 1.76. The van der Waals surface area contributed by atoms with E-state index in [2.05, 4.69) is 10.1 Å². The van der Waals surface area contributed by atoms with E-state index < -0.39 is 18.5 Å². The number of nitrogens with one attached hydrogen (secondary N) is 1. The van der Waals surface area contributed by atoms with Gasteiger partial charge in [0, 0.05) is 17.5 Å². The summed E-state index contributed by atoms with van der Waals surface area (Å²) in [6.45, 7) is -2.91. The molecule has 8 heteroatoms. The van der Waals surface area contributed by atoms with Crippen LogP contribution in [0.2, 0.25) is 0 Å². The lowest BCUT2D eigenvalue weighted by Crippen LogP contribution is -2.30. The Labute approximate surface area is 165 Å². The second-order valence-electron chi connectivity index (χ2n) is 5.46. The first-order chi connectivity index (χ1) is 13.5. The van der Waals surface area contributed by atoms with Gasteiger partial charge in [-0.3, -0.25) is 4.79 Å². The molecule has 0 bridgehead atoms. The van der Waals surface area contributed by atoms with E-state index in [0.717, 1.165) is 10.5 Å². The van der Waals surface area contributed by atoms with Gasteiger partial charge < -0.3 is 14.8 Å². The van der Waals surface area contributed by atoms with Crippen LogP contribution >= 0.6 is 11.8 Å². The van der Waals surface area contributed by atoms with Gasteiger partial charge in [0.25, 0.3) is 5.91 Å². The molecule has 28 heavy (non-hydrogen) atoms. The molecule has 0 unspecified atom stereocenters. The van der Waals surface area contributed by atoms with Crippen molar-refractivity contribution in [1.29, 1.82) is 0 Å². The molecule has 0 aliphatic heterocycles. The van der Waals surface area contributed by atoms with Crippen molar-refractivity contribution in [2.24, 2.45) is 0 Å². The number of alkyl halides is 2. The summed E-state index contributed by atoms with van der Waals surface area (Å²) in [7, 11) is 0. The van der Waals surface area contributed by atoms with Crippen molar-refractivity contribution in [3.8, 4) is 5.75 Å². The van der Waals surface area contributed by atoms with E-state index in [-0.39, 0.29) is 12.4 Å². The molecule has 5 nitrogen and oxygen atoms in total. The number of carbonyl (C=O) groups excluding carboxylic acids is 2. The van der Waals surface area contributed by atoms with Gasteiger partial charge in [0.2, 0.25) is 0 Å². The maximum atomic E-state index is 12.1. The second kappa shape index (κ2) is 11.8. The van der Waals surface area contributed by atoms with Crippen molar-refractivity contribution < 1.29 is 27.8 Å². The third kappa shape index (κ3) is 8.68. The van der Waals surface area contributed by atoms with Crippen LogP contribution < -0.4 is 10.1 Å². The smallest absolute Gasteiger partial charge is 0.387 e. The van der Waals surface area contributed by atoms with Crippen LogP contribution in [-0.4, -0.2) is 31.6 Å². The number of halogens is 2. The van der Waals surface area contributed by atoms with Gasteiger partial charge in [-0.05, 0) is 41.7 Å². The number of ether oxygens (including phenoxy) is 2. The monoisotopic (exact) mass is 407 g/mol. The number of benzene rings is 2. The molecule has 0 atom stereocenters. The fourth-order valence-electron chi connectivity index (χ4n) is 2.09. The van der Waals surface area contributed by atoms with Crippen LogP contribution in [0.3, 0.4) is 0 Å². The van der Waals surface area contributed by atoms with Crippen LogP contribution in [0.1, 0.15) is 5.56 Å². The van der Waals surface area contributed by atoms with Crippen LogP contribution in [0.15, 0.2) is 71.0 Å². The lowest BCUT2D eigenvalue weighted by atomic mass is 10.1. The Hall–Kier alpha value is -2.87. The minimum absolute atomic E-state index is 0.0770. The first kappa shape index (κ1) is 21.4. The van der Waals surface area contributed by atoms with Crippen molar-refractivity contribution in [3.63, 3.8) is 0 Å². The molecule has 0 aliphatic rings. The zero-order chi connectivity index (χ0) is 20.2. The highest BCUT2D eigenvalue weighted by Gasteiger charge is 2.06. The van der Waals surface area contributed by atoms with Gasteiger partial charge in [0.1, 0.15) is 5.75 Å². The molecular weight excluding hydrogens is 388 g/mol. The molecule has 148 valence electrons. The maximum Gasteiger partial charge on any atom is 0.387 e. The Balaban J connectivity index is 1.61. The molecule has 2 rings (SSSR count). The molecule has 0 radical (unpaired) electrons. The lowest BCUT2D eigenvalue weighted by molar-refractivity contribution is -0.143. The average Bonchev–Trinajstić information content (AvgIpc) is 2.68. The SMILES string of the molecule is O=C(COC(=O)/C=C/Sc1ccccc1)NCCc1ccc(OC(F)F)cc1. The number of hydrogen-bond donors (Lipinski definition) is 1. The van der Waals surface area contributed by atoms with Crippen LogP contribution in [0.25, 0.3) is 0 Å². The molecule has 0 saturated carbocycles. The first-order valence-electron chi connectivity index (χ1n) is 8.38. The van der Waals surface area contributed by atoms with Gasteiger partial charge in [-0.15, -0.1) is 0 Å². The Kier molecular flexibility index (Phi) is 9.00. The molecule has 1 N–H and O–H groups in total. The zero-order valence-corrected chi connectivity index (χ0v) is 15.7. The van der Waals surface area contributed by atoms with Crippen LogP contribution in [-0.2, 0) is 20.7 Å². The number of amides is 1. The molecule has 0 heterocycles. The zero-order valence-electron chi connectivity index (χ0n) is 14.8. The van der Waals surface area contributed by atoms with Crippen LogP contribution in [0.4, 0.5) is 8.78 Å². The fourth-order valence-corrected chi connectivity index (χ4v) is 2.74. The normalized spacial score (nSPS) is 10.8. The lowest BCUT2D eigenvalue weighted by Gasteiger charge is -2.07. The summed E-state index contributed by atoms with van der Waals surface area (Å²) in [5.74, 6) is -0.948. The third-order valence-corrected chi connectivity index (χ3v) is 4.20. The topological polar surface area (TPSA) is 64.6 Å². The van der Waals surface area contributed by atoms with E-state index in [1.54, 1.807) is 17.5 Å². The summed E-state index contributed by atoms with van der Waals surface area (Å²) in [4.78, 5) is 24.2. The van der Waals surface area contributed by atoms with E-state index in [0.29, 0.717) is 13.0 Å². The molecule has 2 aromatic carbocycles. The van der Waals surface area contributed by atoms with Crippen molar-refractivity contribution in [2.75, 3.05) is 13.2 Å². The van der Waals surface area contributed by atoms with Crippen molar-refractivity contribution in [1.82, 2.24) is 5.32 Å². The second-order valence-corrected chi connectivity index (χ2v) is 6.44. The summed E-state index contributed by atoms with van der Waals surface area (Å²) in [5.41, 5.74) is 0.847. The molecule has 0 fully saturated rings. The quantitative estimate of drug-likeness (QED) is 0.369. The van der Waals surface area contributed by atoms with Gasteiger partial charge in [-0.2, -0.15) is 8.78 Å². The van der Waals surface area contributed by atoms with Gasteiger partial charge >= 0.3 is 12.6 Å². The number of thioether (sulfide) groups is 1. The van der Waals surface area contributed by atoms with Crippen molar-refractivity contribution >= 4 is 23.6 Å². The number of hydrogen-bond acceptors (Lipinski definition) is 5. The standard InChI is InChI=1S/C20H19F2NO4S/c21-20(22)27-16-8-6-15(7-9-16)10-12-23-18(24)14-26-19(25)11-13-28-17-4-2-1-3-5-17/h1-9,11,13,20H,10,12,14H2,(H,23,24)/b13-11+. The minimum Gasteiger partial charge on any atom is -0.452 e. The highest BCUT2D eigenvalue weighted by atomic mass is 32.2. The number of esters is 1. The molecule has 0 spiro atoms. The predicted molar refractivity (Wildman–Crippen MR) is 102 cm³/mol. The minimum atomic E-state index is -2.86. The van der Waals surface area contributed by atoms with E-state index in [1.165, 1.54) is 30.0 Å².